The summed E-state index contributed by atoms with van der Waals surface area (Å²) in [5.41, 5.74) is 4.23. The number of ether oxygens (including phenoxy) is 2. The Hall–Kier alpha value is -3.33. The van der Waals surface area contributed by atoms with Crippen molar-refractivity contribution in [1.82, 2.24) is 0 Å². The van der Waals surface area contributed by atoms with E-state index in [-0.39, 0.29) is 0 Å². The van der Waals surface area contributed by atoms with Crippen molar-refractivity contribution in [3.63, 3.8) is 0 Å². The second kappa shape index (κ2) is 8.86. The number of esters is 1. The van der Waals surface area contributed by atoms with Crippen molar-refractivity contribution in [1.29, 1.82) is 5.26 Å². The van der Waals surface area contributed by atoms with Crippen LogP contribution in [0.25, 0.3) is 0 Å². The van der Waals surface area contributed by atoms with Crippen LogP contribution in [0.3, 0.4) is 0 Å². The molecule has 0 saturated heterocycles. The molecule has 1 atom stereocenters. The molecule has 0 aromatic heterocycles. The van der Waals surface area contributed by atoms with Crippen LogP contribution in [0.4, 0.5) is 5.69 Å². The fraction of sp³-hybridized carbons (Fsp3) is 0.286. The average Bonchev–Trinajstić information content (AvgIpc) is 2.63. The van der Waals surface area contributed by atoms with Gasteiger partial charge in [0, 0.05) is 5.69 Å². The molecule has 0 heterocycles. The summed E-state index contributed by atoms with van der Waals surface area (Å²) in [6.45, 7) is 6.95. The number of nitrogens with zero attached hydrogens (tertiary/aromatic N) is 1. The number of carbonyl (C=O) groups is 2. The van der Waals surface area contributed by atoms with Gasteiger partial charge in [-0.3, -0.25) is 4.79 Å². The van der Waals surface area contributed by atoms with Gasteiger partial charge in [-0.2, -0.15) is 5.26 Å². The molecular formula is C21H22N2O4. The van der Waals surface area contributed by atoms with Crippen molar-refractivity contribution in [2.45, 2.75) is 33.8 Å². The fourth-order valence-electron chi connectivity index (χ4n) is 2.67. The maximum absolute atomic E-state index is 12.1. The molecule has 0 aliphatic heterocycles. The molecule has 0 aliphatic rings. The lowest BCUT2D eigenvalue weighted by Gasteiger charge is -2.15. The predicted octanol–water partition coefficient (Wildman–Crippen LogP) is 3.43. The molecule has 0 saturated carbocycles. The molecule has 1 amide bonds. The standard InChI is InChI=1S/C21H22N2O4/c1-13-9-14(2)20(15(3)10-13)23-19(24)12-26-21(25)16(4)27-18-7-5-17(11-22)6-8-18/h5-10,16H,12H2,1-4H3,(H,23,24)/t16-/m1/s1. The van der Waals surface area contributed by atoms with E-state index in [1.165, 1.54) is 6.92 Å². The summed E-state index contributed by atoms with van der Waals surface area (Å²) in [5, 5.41) is 11.5. The van der Waals surface area contributed by atoms with Crippen LogP contribution in [0.15, 0.2) is 36.4 Å². The third kappa shape index (κ3) is 5.58. The largest absolute Gasteiger partial charge is 0.479 e. The first-order valence-corrected chi connectivity index (χ1v) is 8.51. The van der Waals surface area contributed by atoms with Gasteiger partial charge in [-0.15, -0.1) is 0 Å². The molecule has 1 N–H and O–H groups in total. The first kappa shape index (κ1) is 20.0. The smallest absolute Gasteiger partial charge is 0.347 e. The van der Waals surface area contributed by atoms with Gasteiger partial charge in [0.15, 0.2) is 12.7 Å². The SMILES string of the molecule is Cc1cc(C)c(NC(=O)COC(=O)[C@@H](C)Oc2ccc(C#N)cc2)c(C)c1. The summed E-state index contributed by atoms with van der Waals surface area (Å²) in [7, 11) is 0. The summed E-state index contributed by atoms with van der Waals surface area (Å²) in [4.78, 5) is 24.1. The van der Waals surface area contributed by atoms with Crippen LogP contribution < -0.4 is 10.1 Å². The predicted molar refractivity (Wildman–Crippen MR) is 101 cm³/mol. The Labute approximate surface area is 158 Å². The van der Waals surface area contributed by atoms with Crippen LogP contribution >= 0.6 is 0 Å². The normalized spacial score (nSPS) is 11.2. The first-order valence-electron chi connectivity index (χ1n) is 8.51. The zero-order valence-electron chi connectivity index (χ0n) is 15.8. The summed E-state index contributed by atoms with van der Waals surface area (Å²) in [6.07, 6.45) is -0.881. The quantitative estimate of drug-likeness (QED) is 0.791. The number of carbonyl (C=O) groups excluding carboxylic acids is 2. The highest BCUT2D eigenvalue weighted by Gasteiger charge is 2.18. The molecule has 0 aliphatic carbocycles. The number of aryl methyl sites for hydroxylation is 3. The van der Waals surface area contributed by atoms with E-state index in [2.05, 4.69) is 5.32 Å². The Morgan fingerprint density at radius 2 is 1.70 bits per heavy atom. The van der Waals surface area contributed by atoms with Crippen molar-refractivity contribution in [3.8, 4) is 11.8 Å². The van der Waals surface area contributed by atoms with Gasteiger partial charge >= 0.3 is 5.97 Å². The first-order chi connectivity index (χ1) is 12.8. The summed E-state index contributed by atoms with van der Waals surface area (Å²) < 4.78 is 10.5. The lowest BCUT2D eigenvalue weighted by molar-refractivity contribution is -0.153. The minimum Gasteiger partial charge on any atom is -0.479 e. The Balaban J connectivity index is 1.87. The number of benzene rings is 2. The molecule has 6 heteroatoms. The third-order valence-electron chi connectivity index (χ3n) is 3.92. The molecule has 0 unspecified atom stereocenters. The number of nitriles is 1. The molecule has 2 rings (SSSR count). The molecule has 140 valence electrons. The van der Waals surface area contributed by atoms with Crippen LogP contribution in [0.1, 0.15) is 29.2 Å². The second-order valence-corrected chi connectivity index (χ2v) is 6.33. The summed E-state index contributed by atoms with van der Waals surface area (Å²) >= 11 is 0. The summed E-state index contributed by atoms with van der Waals surface area (Å²) in [5.74, 6) is -0.621. The van der Waals surface area contributed by atoms with Crippen LogP contribution in [-0.2, 0) is 14.3 Å². The zero-order chi connectivity index (χ0) is 20.0. The minimum absolute atomic E-state index is 0.396. The zero-order valence-corrected chi connectivity index (χ0v) is 15.8. The monoisotopic (exact) mass is 366 g/mol. The lowest BCUT2D eigenvalue weighted by atomic mass is 10.1. The highest BCUT2D eigenvalue weighted by atomic mass is 16.6. The molecular weight excluding hydrogens is 344 g/mol. The average molecular weight is 366 g/mol. The van der Waals surface area contributed by atoms with Crippen LogP contribution in [-0.4, -0.2) is 24.6 Å². The van der Waals surface area contributed by atoms with Crippen molar-refractivity contribution in [3.05, 3.63) is 58.7 Å². The van der Waals surface area contributed by atoms with E-state index in [0.717, 1.165) is 22.4 Å². The Bertz CT molecular complexity index is 859. The molecule has 2 aromatic rings. The fourth-order valence-corrected chi connectivity index (χ4v) is 2.67. The molecule has 0 spiro atoms. The van der Waals surface area contributed by atoms with E-state index in [1.54, 1.807) is 24.3 Å². The van der Waals surface area contributed by atoms with E-state index in [4.69, 9.17) is 14.7 Å². The van der Waals surface area contributed by atoms with Crippen molar-refractivity contribution in [2.24, 2.45) is 0 Å². The topological polar surface area (TPSA) is 88.4 Å². The highest BCUT2D eigenvalue weighted by molar-refractivity contribution is 5.94. The maximum Gasteiger partial charge on any atom is 0.347 e. The van der Waals surface area contributed by atoms with E-state index in [9.17, 15) is 9.59 Å². The number of hydrogen-bond donors (Lipinski definition) is 1. The van der Waals surface area contributed by atoms with Crippen molar-refractivity contribution < 1.29 is 19.1 Å². The van der Waals surface area contributed by atoms with E-state index < -0.39 is 24.6 Å². The van der Waals surface area contributed by atoms with Gasteiger partial charge in [0.25, 0.3) is 5.91 Å². The maximum atomic E-state index is 12.1. The van der Waals surface area contributed by atoms with Gasteiger partial charge < -0.3 is 14.8 Å². The number of hydrogen-bond acceptors (Lipinski definition) is 5. The van der Waals surface area contributed by atoms with E-state index in [1.807, 2.05) is 39.0 Å². The molecule has 2 aromatic carbocycles. The van der Waals surface area contributed by atoms with E-state index >= 15 is 0 Å². The Morgan fingerprint density at radius 1 is 1.11 bits per heavy atom. The molecule has 0 fully saturated rings. The van der Waals surface area contributed by atoms with Gasteiger partial charge in [0.2, 0.25) is 0 Å². The van der Waals surface area contributed by atoms with Crippen LogP contribution in [0.2, 0.25) is 0 Å². The molecule has 0 radical (unpaired) electrons. The van der Waals surface area contributed by atoms with Gasteiger partial charge in [0.1, 0.15) is 5.75 Å². The second-order valence-electron chi connectivity index (χ2n) is 6.33. The Kier molecular flexibility index (Phi) is 6.56. The van der Waals surface area contributed by atoms with Gasteiger partial charge in [0.05, 0.1) is 11.6 Å². The van der Waals surface area contributed by atoms with Crippen LogP contribution in [0.5, 0.6) is 5.75 Å². The molecule has 27 heavy (non-hydrogen) atoms. The number of amides is 1. The third-order valence-corrected chi connectivity index (χ3v) is 3.92. The highest BCUT2D eigenvalue weighted by Crippen LogP contribution is 2.21. The Morgan fingerprint density at radius 3 is 2.26 bits per heavy atom. The van der Waals surface area contributed by atoms with Gasteiger partial charge in [-0.25, -0.2) is 4.79 Å². The number of anilines is 1. The van der Waals surface area contributed by atoms with E-state index in [0.29, 0.717) is 11.3 Å². The molecule has 0 bridgehead atoms. The van der Waals surface area contributed by atoms with Crippen molar-refractivity contribution >= 4 is 17.6 Å². The number of nitrogens with one attached hydrogen (secondary N) is 1. The van der Waals surface area contributed by atoms with Gasteiger partial charge in [-0.1, -0.05) is 17.7 Å². The lowest BCUT2D eigenvalue weighted by Crippen LogP contribution is -2.30. The molecule has 6 nitrogen and oxygen atoms in total. The van der Waals surface area contributed by atoms with Gasteiger partial charge in [-0.05, 0) is 63.1 Å². The van der Waals surface area contributed by atoms with Crippen LogP contribution in [0, 0.1) is 32.1 Å². The minimum atomic E-state index is -0.881. The number of rotatable bonds is 6. The summed E-state index contributed by atoms with van der Waals surface area (Å²) in [6, 6.07) is 12.3. The van der Waals surface area contributed by atoms with Crippen molar-refractivity contribution in [2.75, 3.05) is 11.9 Å².